The summed E-state index contributed by atoms with van der Waals surface area (Å²) in [6.07, 6.45) is 4.61. The molecule has 4 atom stereocenters. The summed E-state index contributed by atoms with van der Waals surface area (Å²) in [6.45, 7) is 5.05. The molecule has 1 aliphatic rings. The molecule has 0 spiro atoms. The van der Waals surface area contributed by atoms with Crippen molar-refractivity contribution in [1.82, 2.24) is 5.32 Å². The van der Waals surface area contributed by atoms with Crippen LogP contribution in [0.15, 0.2) is 0 Å². The van der Waals surface area contributed by atoms with Crippen LogP contribution in [0.25, 0.3) is 0 Å². The fourth-order valence-electron chi connectivity index (χ4n) is 2.30. The molecule has 0 saturated heterocycles. The van der Waals surface area contributed by atoms with Gasteiger partial charge in [-0.2, -0.15) is 0 Å². The quantitative estimate of drug-likeness (QED) is 0.645. The average Bonchev–Trinajstić information content (AvgIpc) is 2.26. The molecule has 0 bridgehead atoms. The van der Waals surface area contributed by atoms with E-state index in [-0.39, 0.29) is 12.1 Å². The van der Waals surface area contributed by atoms with E-state index < -0.39 is 0 Å². The molecule has 3 nitrogen and oxygen atoms in total. The lowest BCUT2D eigenvalue weighted by Gasteiger charge is -2.31. The molecule has 3 N–H and O–H groups in total. The van der Waals surface area contributed by atoms with Crippen molar-refractivity contribution in [3.8, 4) is 0 Å². The van der Waals surface area contributed by atoms with Gasteiger partial charge in [0, 0.05) is 12.6 Å². The Bertz CT molecular complexity index is 173. The predicted octanol–water partition coefficient (Wildman–Crippen LogP) is 1.14. The summed E-state index contributed by atoms with van der Waals surface area (Å²) in [5, 5.41) is 22.0. The molecule has 0 aromatic heterocycles. The van der Waals surface area contributed by atoms with Crippen LogP contribution in [0, 0.1) is 11.8 Å². The van der Waals surface area contributed by atoms with Crippen molar-refractivity contribution < 1.29 is 10.2 Å². The summed E-state index contributed by atoms with van der Waals surface area (Å²) in [5.41, 5.74) is 0. The summed E-state index contributed by atoms with van der Waals surface area (Å²) < 4.78 is 0. The Balaban J connectivity index is 2.29. The first kappa shape index (κ1) is 12.9. The van der Waals surface area contributed by atoms with Crippen molar-refractivity contribution in [3.05, 3.63) is 0 Å². The molecule has 0 heterocycles. The van der Waals surface area contributed by atoms with E-state index in [1.54, 1.807) is 0 Å². The number of hydrogen-bond acceptors (Lipinski definition) is 3. The Morgan fingerprint density at radius 3 is 2.33 bits per heavy atom. The maximum absolute atomic E-state index is 9.36. The Kier molecular flexibility index (Phi) is 5.58. The second kappa shape index (κ2) is 6.46. The molecule has 90 valence electrons. The summed E-state index contributed by atoms with van der Waals surface area (Å²) in [7, 11) is 0. The van der Waals surface area contributed by atoms with Crippen LogP contribution in [0.4, 0.5) is 0 Å². The minimum Gasteiger partial charge on any atom is -0.396 e. The lowest BCUT2D eigenvalue weighted by molar-refractivity contribution is 0.115. The van der Waals surface area contributed by atoms with Gasteiger partial charge in [0.15, 0.2) is 0 Å². The highest BCUT2D eigenvalue weighted by molar-refractivity contribution is 4.78. The van der Waals surface area contributed by atoms with Crippen molar-refractivity contribution in [2.24, 2.45) is 11.8 Å². The molecule has 0 aromatic rings. The monoisotopic (exact) mass is 215 g/mol. The molecule has 4 unspecified atom stereocenters. The van der Waals surface area contributed by atoms with Crippen molar-refractivity contribution in [2.45, 2.75) is 51.7 Å². The molecule has 3 heteroatoms. The van der Waals surface area contributed by atoms with Gasteiger partial charge in [-0.05, 0) is 45.1 Å². The van der Waals surface area contributed by atoms with E-state index >= 15 is 0 Å². The van der Waals surface area contributed by atoms with Gasteiger partial charge in [0.1, 0.15) is 0 Å². The first-order chi connectivity index (χ1) is 7.15. The summed E-state index contributed by atoms with van der Waals surface area (Å²) in [6, 6.07) is 0.145. The average molecular weight is 215 g/mol. The summed E-state index contributed by atoms with van der Waals surface area (Å²) >= 11 is 0. The van der Waals surface area contributed by atoms with Crippen LogP contribution < -0.4 is 5.32 Å². The minimum atomic E-state index is -0.304. The highest BCUT2D eigenvalue weighted by Gasteiger charge is 2.24. The molecule has 1 saturated carbocycles. The Hall–Kier alpha value is -0.120. The third-order valence-electron chi connectivity index (χ3n) is 3.73. The topological polar surface area (TPSA) is 52.5 Å². The van der Waals surface area contributed by atoms with Gasteiger partial charge in [0.2, 0.25) is 0 Å². The van der Waals surface area contributed by atoms with Gasteiger partial charge in [-0.25, -0.2) is 0 Å². The van der Waals surface area contributed by atoms with E-state index in [4.69, 9.17) is 0 Å². The van der Waals surface area contributed by atoms with Crippen molar-refractivity contribution in [1.29, 1.82) is 0 Å². The normalized spacial score (nSPS) is 31.2. The van der Waals surface area contributed by atoms with Crippen LogP contribution in [0.2, 0.25) is 0 Å². The van der Waals surface area contributed by atoms with Crippen LogP contribution in [-0.4, -0.2) is 35.5 Å². The maximum Gasteiger partial charge on any atom is 0.0662 e. The van der Waals surface area contributed by atoms with Gasteiger partial charge in [0.25, 0.3) is 0 Å². The van der Waals surface area contributed by atoms with Crippen LogP contribution >= 0.6 is 0 Å². The van der Waals surface area contributed by atoms with Crippen LogP contribution in [0.3, 0.4) is 0 Å². The Labute approximate surface area is 92.9 Å². The van der Waals surface area contributed by atoms with E-state index in [2.05, 4.69) is 5.32 Å². The van der Waals surface area contributed by atoms with E-state index in [9.17, 15) is 10.2 Å². The Morgan fingerprint density at radius 2 is 1.80 bits per heavy atom. The largest absolute Gasteiger partial charge is 0.396 e. The van der Waals surface area contributed by atoms with Gasteiger partial charge in [-0.15, -0.1) is 0 Å². The molecule has 0 amide bonds. The lowest BCUT2D eigenvalue weighted by atomic mass is 9.79. The van der Waals surface area contributed by atoms with Gasteiger partial charge < -0.3 is 15.5 Å². The zero-order chi connectivity index (χ0) is 11.3. The maximum atomic E-state index is 9.36. The number of aliphatic hydroxyl groups is 2. The first-order valence-corrected chi connectivity index (χ1v) is 6.17. The minimum absolute atomic E-state index is 0.145. The highest BCUT2D eigenvalue weighted by atomic mass is 16.3. The van der Waals surface area contributed by atoms with Crippen LogP contribution in [0.1, 0.15) is 39.5 Å². The zero-order valence-corrected chi connectivity index (χ0v) is 9.95. The molecule has 0 aliphatic heterocycles. The molecule has 1 rings (SSSR count). The number of nitrogens with one attached hydrogen (secondary N) is 1. The van der Waals surface area contributed by atoms with Crippen molar-refractivity contribution in [3.63, 3.8) is 0 Å². The third-order valence-corrected chi connectivity index (χ3v) is 3.73. The first-order valence-electron chi connectivity index (χ1n) is 6.17. The van der Waals surface area contributed by atoms with E-state index in [1.807, 2.05) is 13.8 Å². The third kappa shape index (κ3) is 4.09. The second-order valence-electron chi connectivity index (χ2n) is 4.92. The van der Waals surface area contributed by atoms with Crippen LogP contribution in [0.5, 0.6) is 0 Å². The second-order valence-corrected chi connectivity index (χ2v) is 4.92. The summed E-state index contributed by atoms with van der Waals surface area (Å²) in [4.78, 5) is 0. The fourth-order valence-corrected chi connectivity index (χ4v) is 2.30. The number of rotatable bonds is 5. The van der Waals surface area contributed by atoms with Gasteiger partial charge in [-0.1, -0.05) is 12.8 Å². The molecule has 0 radical (unpaired) electrons. The van der Waals surface area contributed by atoms with Gasteiger partial charge >= 0.3 is 0 Å². The van der Waals surface area contributed by atoms with E-state index in [0.717, 1.165) is 13.0 Å². The zero-order valence-electron chi connectivity index (χ0n) is 9.95. The highest BCUT2D eigenvalue weighted by Crippen LogP contribution is 2.29. The van der Waals surface area contributed by atoms with Crippen molar-refractivity contribution in [2.75, 3.05) is 13.2 Å². The van der Waals surface area contributed by atoms with Gasteiger partial charge in [-0.3, -0.25) is 0 Å². The molecular weight excluding hydrogens is 190 g/mol. The fraction of sp³-hybridized carbons (Fsp3) is 1.00. The van der Waals surface area contributed by atoms with Crippen molar-refractivity contribution >= 4 is 0 Å². The van der Waals surface area contributed by atoms with Gasteiger partial charge in [0.05, 0.1) is 6.10 Å². The molecular formula is C12H25NO2. The van der Waals surface area contributed by atoms with E-state index in [1.165, 1.54) is 19.3 Å². The summed E-state index contributed by atoms with van der Waals surface area (Å²) in [5.74, 6) is 1.05. The number of aliphatic hydroxyl groups excluding tert-OH is 2. The molecule has 1 fully saturated rings. The smallest absolute Gasteiger partial charge is 0.0662 e. The lowest BCUT2D eigenvalue weighted by Crippen LogP contribution is -2.41. The predicted molar refractivity (Wildman–Crippen MR) is 61.7 cm³/mol. The molecule has 0 aromatic carbocycles. The number of hydrogen-bond donors (Lipinski definition) is 3. The Morgan fingerprint density at radius 1 is 1.20 bits per heavy atom. The SMILES string of the molecule is CC(O)C(C)NCC1CCCCC1CO. The van der Waals surface area contributed by atoms with E-state index in [0.29, 0.717) is 18.4 Å². The van der Waals surface area contributed by atoms with Crippen LogP contribution in [-0.2, 0) is 0 Å². The molecule has 15 heavy (non-hydrogen) atoms. The molecule has 1 aliphatic carbocycles. The standard InChI is InChI=1S/C12H25NO2/c1-9(10(2)15)13-7-11-5-3-4-6-12(11)8-14/h9-15H,3-8H2,1-2H3.